The van der Waals surface area contributed by atoms with Gasteiger partial charge in [-0.25, -0.2) is 9.97 Å². The maximum absolute atomic E-state index is 9.72. The van der Waals surface area contributed by atoms with Gasteiger partial charge in [0, 0.05) is 12.2 Å². The Balaban J connectivity index is 1.91. The molecule has 0 unspecified atom stereocenters. The molecule has 0 aromatic carbocycles. The quantitative estimate of drug-likeness (QED) is 0.836. The molecule has 0 radical (unpaired) electrons. The summed E-state index contributed by atoms with van der Waals surface area (Å²) in [6, 6.07) is 0. The van der Waals surface area contributed by atoms with Crippen LogP contribution in [-0.4, -0.2) is 32.9 Å². The van der Waals surface area contributed by atoms with Gasteiger partial charge in [0.15, 0.2) is 0 Å². The molecule has 0 bridgehead atoms. The van der Waals surface area contributed by atoms with E-state index in [-0.39, 0.29) is 0 Å². The molecule has 0 amide bonds. The van der Waals surface area contributed by atoms with E-state index in [0.717, 1.165) is 29.2 Å². The second kappa shape index (κ2) is 3.89. The molecule has 4 nitrogen and oxygen atoms in total. The lowest BCUT2D eigenvalue weighted by Crippen LogP contribution is -2.48. The minimum atomic E-state index is -2.23. The number of aliphatic hydroxyl groups is 1. The van der Waals surface area contributed by atoms with Gasteiger partial charge in [0.25, 0.3) is 0 Å². The second-order valence-corrected chi connectivity index (χ2v) is 5.37. The van der Waals surface area contributed by atoms with E-state index in [1.54, 1.807) is 11.8 Å². The molecule has 86 valence electrons. The van der Waals surface area contributed by atoms with Gasteiger partial charge in [0.1, 0.15) is 12.1 Å². The molecule has 1 aromatic heterocycles. The summed E-state index contributed by atoms with van der Waals surface area (Å²) in [4.78, 5) is 9.45. The van der Waals surface area contributed by atoms with Gasteiger partial charge in [-0.15, -0.1) is 11.8 Å². The van der Waals surface area contributed by atoms with Crippen molar-refractivity contribution in [1.29, 1.82) is 0 Å². The lowest BCUT2D eigenvalue weighted by molar-refractivity contribution is 0.143. The maximum Gasteiger partial charge on any atom is 0.143 e. The number of anilines is 1. The molecule has 1 aliphatic heterocycles. The van der Waals surface area contributed by atoms with Crippen LogP contribution in [0.4, 0.5) is 5.82 Å². The zero-order chi connectivity index (χ0) is 12.8. The number of aryl methyl sites for hydroxylation is 1. The van der Waals surface area contributed by atoms with E-state index in [9.17, 15) is 5.11 Å². The SMILES string of the molecule is [2H]C([2H])(O)C1(Nc2ncnc3c2SCC3)CCC1. The van der Waals surface area contributed by atoms with Gasteiger partial charge in [0.05, 0.1) is 25.4 Å². The molecule has 1 aromatic rings. The second-order valence-electron chi connectivity index (χ2n) is 4.27. The molecule has 16 heavy (non-hydrogen) atoms. The van der Waals surface area contributed by atoms with Crippen molar-refractivity contribution in [3.05, 3.63) is 12.0 Å². The van der Waals surface area contributed by atoms with Gasteiger partial charge in [-0.1, -0.05) is 0 Å². The third-order valence-corrected chi connectivity index (χ3v) is 4.37. The number of hydrogen-bond acceptors (Lipinski definition) is 5. The fourth-order valence-electron chi connectivity index (χ4n) is 2.10. The zero-order valence-corrected chi connectivity index (χ0v) is 9.68. The van der Waals surface area contributed by atoms with Crippen molar-refractivity contribution in [2.45, 2.75) is 36.1 Å². The van der Waals surface area contributed by atoms with Crippen LogP contribution in [0.25, 0.3) is 0 Å². The number of thioether (sulfide) groups is 1. The van der Waals surface area contributed by atoms with Crippen LogP contribution in [0.1, 0.15) is 27.7 Å². The van der Waals surface area contributed by atoms with E-state index in [2.05, 4.69) is 15.3 Å². The maximum atomic E-state index is 9.72. The predicted molar refractivity (Wildman–Crippen MR) is 63.8 cm³/mol. The molecular formula is C11H15N3OS. The molecule has 2 aliphatic rings. The summed E-state index contributed by atoms with van der Waals surface area (Å²) in [5, 5.41) is 12.9. The number of aromatic nitrogens is 2. The summed E-state index contributed by atoms with van der Waals surface area (Å²) in [5.74, 6) is 1.65. The highest BCUT2D eigenvalue weighted by molar-refractivity contribution is 7.99. The van der Waals surface area contributed by atoms with Crippen LogP contribution in [0.2, 0.25) is 0 Å². The van der Waals surface area contributed by atoms with Crippen molar-refractivity contribution in [2.24, 2.45) is 0 Å². The normalized spacial score (nSPS) is 24.1. The van der Waals surface area contributed by atoms with Crippen LogP contribution in [0.3, 0.4) is 0 Å². The molecule has 3 rings (SSSR count). The Bertz CT molecular complexity index is 474. The van der Waals surface area contributed by atoms with Gasteiger partial charge in [-0.3, -0.25) is 0 Å². The van der Waals surface area contributed by atoms with Gasteiger partial charge in [0.2, 0.25) is 0 Å². The molecule has 0 saturated heterocycles. The number of hydrogen-bond donors (Lipinski definition) is 2. The Morgan fingerprint density at radius 2 is 2.44 bits per heavy atom. The monoisotopic (exact) mass is 239 g/mol. The smallest absolute Gasteiger partial charge is 0.143 e. The topological polar surface area (TPSA) is 58.0 Å². The Kier molecular flexibility index (Phi) is 2.02. The van der Waals surface area contributed by atoms with Crippen molar-refractivity contribution in [3.63, 3.8) is 0 Å². The number of nitrogens with one attached hydrogen (secondary N) is 1. The van der Waals surface area contributed by atoms with E-state index in [1.807, 2.05) is 0 Å². The lowest BCUT2D eigenvalue weighted by Gasteiger charge is -2.41. The summed E-state index contributed by atoms with van der Waals surface area (Å²) < 4.78 is 15.2. The summed E-state index contributed by atoms with van der Waals surface area (Å²) in [6.45, 7) is -2.23. The molecule has 1 saturated carbocycles. The zero-order valence-electron chi connectivity index (χ0n) is 10.9. The molecule has 2 heterocycles. The molecular weight excluding hydrogens is 222 g/mol. The highest BCUT2D eigenvalue weighted by atomic mass is 32.2. The van der Waals surface area contributed by atoms with Crippen molar-refractivity contribution in [3.8, 4) is 0 Å². The van der Waals surface area contributed by atoms with Gasteiger partial charge >= 0.3 is 0 Å². The standard InChI is InChI=1S/C11H15N3OS/c15-6-11(3-1-4-11)14-10-9-8(2-5-16-9)12-7-13-10/h7,15H,1-6H2,(H,12,13,14)/i6D2. The van der Waals surface area contributed by atoms with E-state index < -0.39 is 12.1 Å². The van der Waals surface area contributed by atoms with Crippen LogP contribution in [0.15, 0.2) is 11.2 Å². The molecule has 0 atom stereocenters. The summed E-state index contributed by atoms with van der Waals surface area (Å²) in [7, 11) is 0. The first-order valence-corrected chi connectivity index (χ1v) is 6.48. The minimum absolute atomic E-state index is 0.625. The summed E-state index contributed by atoms with van der Waals surface area (Å²) in [5.41, 5.74) is 0.128. The van der Waals surface area contributed by atoms with E-state index in [0.29, 0.717) is 18.7 Å². The number of fused-ring (bicyclic) bond motifs is 1. The third kappa shape index (κ3) is 1.58. The van der Waals surface area contributed by atoms with E-state index >= 15 is 0 Å². The highest BCUT2D eigenvalue weighted by Crippen LogP contribution is 2.39. The average molecular weight is 239 g/mol. The predicted octanol–water partition coefficient (Wildman–Crippen LogP) is 1.45. The van der Waals surface area contributed by atoms with Crippen molar-refractivity contribution < 1.29 is 7.85 Å². The summed E-state index contributed by atoms with van der Waals surface area (Å²) in [6.07, 6.45) is 4.61. The number of nitrogens with zero attached hydrogens (tertiary/aromatic N) is 2. The van der Waals surface area contributed by atoms with Crippen LogP contribution in [0.5, 0.6) is 0 Å². The van der Waals surface area contributed by atoms with E-state index in [4.69, 9.17) is 2.74 Å². The average Bonchev–Trinajstić information content (AvgIpc) is 2.69. The summed E-state index contributed by atoms with van der Waals surface area (Å²) >= 11 is 1.69. The van der Waals surface area contributed by atoms with Crippen molar-refractivity contribution in [1.82, 2.24) is 9.97 Å². The van der Waals surface area contributed by atoms with Gasteiger partial charge in [-0.05, 0) is 19.3 Å². The number of rotatable bonds is 3. The van der Waals surface area contributed by atoms with Gasteiger partial charge < -0.3 is 10.4 Å². The molecule has 5 heteroatoms. The third-order valence-electron chi connectivity index (χ3n) is 3.24. The lowest BCUT2D eigenvalue weighted by atomic mass is 9.77. The van der Waals surface area contributed by atoms with Crippen LogP contribution < -0.4 is 5.32 Å². The molecule has 1 aliphatic carbocycles. The van der Waals surface area contributed by atoms with Crippen molar-refractivity contribution >= 4 is 17.6 Å². The molecule has 2 N–H and O–H groups in total. The largest absolute Gasteiger partial charge is 0.394 e. The highest BCUT2D eigenvalue weighted by Gasteiger charge is 2.37. The Hall–Kier alpha value is -0.810. The first kappa shape index (κ1) is 8.31. The van der Waals surface area contributed by atoms with Crippen LogP contribution in [0, 0.1) is 0 Å². The minimum Gasteiger partial charge on any atom is -0.394 e. The van der Waals surface area contributed by atoms with E-state index in [1.165, 1.54) is 6.33 Å². The molecule has 0 spiro atoms. The fourth-order valence-corrected chi connectivity index (χ4v) is 3.16. The fraction of sp³-hybridized carbons (Fsp3) is 0.636. The van der Waals surface area contributed by atoms with Gasteiger partial charge in [-0.2, -0.15) is 0 Å². The first-order chi connectivity index (χ1) is 8.52. The van der Waals surface area contributed by atoms with Crippen LogP contribution >= 0.6 is 11.8 Å². The Morgan fingerprint density at radius 1 is 1.56 bits per heavy atom. The first-order valence-electron chi connectivity index (χ1n) is 6.49. The Morgan fingerprint density at radius 3 is 3.12 bits per heavy atom. The molecule has 1 fully saturated rings. The van der Waals surface area contributed by atoms with Crippen molar-refractivity contribution in [2.75, 3.05) is 17.6 Å². The van der Waals surface area contributed by atoms with Crippen LogP contribution in [-0.2, 0) is 6.42 Å². The Labute approximate surface area is 102 Å².